The molecule has 3 aliphatic rings. The Morgan fingerprint density at radius 1 is 1.14 bits per heavy atom. The van der Waals surface area contributed by atoms with E-state index in [1.165, 1.54) is 31.0 Å². The molecule has 1 aromatic rings. The first-order valence-corrected chi connectivity index (χ1v) is 8.28. The Morgan fingerprint density at radius 3 is 2.82 bits per heavy atom. The van der Waals surface area contributed by atoms with Crippen molar-refractivity contribution in [3.8, 4) is 11.5 Å². The fourth-order valence-corrected chi connectivity index (χ4v) is 3.74. The van der Waals surface area contributed by atoms with Gasteiger partial charge in [-0.2, -0.15) is 4.99 Å². The van der Waals surface area contributed by atoms with Gasteiger partial charge in [0.1, 0.15) is 0 Å². The molecule has 1 saturated heterocycles. The maximum absolute atomic E-state index is 12.1. The second kappa shape index (κ2) is 5.68. The topological polar surface area (TPSA) is 51.1 Å². The molecule has 0 unspecified atom stereocenters. The Balaban J connectivity index is 1.53. The number of ether oxygens (including phenoxy) is 2. The molecule has 22 heavy (non-hydrogen) atoms. The van der Waals surface area contributed by atoms with Crippen molar-refractivity contribution in [2.75, 3.05) is 19.9 Å². The van der Waals surface area contributed by atoms with E-state index in [4.69, 9.17) is 9.47 Å². The number of piperidine rings is 1. The lowest BCUT2D eigenvalue weighted by molar-refractivity contribution is -0.113. The van der Waals surface area contributed by atoms with Crippen molar-refractivity contribution in [1.82, 2.24) is 4.90 Å². The van der Waals surface area contributed by atoms with E-state index in [2.05, 4.69) is 9.89 Å². The average Bonchev–Trinajstić information content (AvgIpc) is 3.15. The summed E-state index contributed by atoms with van der Waals surface area (Å²) in [6.45, 7) is 2.25. The van der Waals surface area contributed by atoms with Crippen LogP contribution in [0.2, 0.25) is 0 Å². The number of amidine groups is 1. The first kappa shape index (κ1) is 13.7. The Labute approximate surface area is 133 Å². The molecule has 0 saturated carbocycles. The van der Waals surface area contributed by atoms with Gasteiger partial charge in [0.2, 0.25) is 6.79 Å². The summed E-state index contributed by atoms with van der Waals surface area (Å²) in [4.78, 5) is 19.2. The molecule has 0 radical (unpaired) electrons. The van der Waals surface area contributed by atoms with Crippen LogP contribution in [0.5, 0.6) is 11.5 Å². The molecule has 5 nitrogen and oxygen atoms in total. The fraction of sp³-hybridized carbons (Fsp3) is 0.375. The van der Waals surface area contributed by atoms with Gasteiger partial charge >= 0.3 is 0 Å². The number of carbonyl (C=O) groups is 1. The van der Waals surface area contributed by atoms with Crippen molar-refractivity contribution in [2.45, 2.75) is 19.3 Å². The number of benzene rings is 1. The maximum atomic E-state index is 12.1. The van der Waals surface area contributed by atoms with E-state index >= 15 is 0 Å². The quantitative estimate of drug-likeness (QED) is 0.746. The number of hydrogen-bond acceptors (Lipinski definition) is 5. The van der Waals surface area contributed by atoms with E-state index in [9.17, 15) is 4.79 Å². The van der Waals surface area contributed by atoms with Crippen molar-refractivity contribution in [3.05, 3.63) is 28.7 Å². The van der Waals surface area contributed by atoms with Gasteiger partial charge in [0.05, 0.1) is 4.91 Å². The molecule has 114 valence electrons. The summed E-state index contributed by atoms with van der Waals surface area (Å²) in [6, 6.07) is 5.68. The molecular weight excluding hydrogens is 300 g/mol. The maximum Gasteiger partial charge on any atom is 0.286 e. The molecular formula is C16H16N2O3S. The van der Waals surface area contributed by atoms with E-state index in [0.717, 1.165) is 35.3 Å². The van der Waals surface area contributed by atoms with Crippen molar-refractivity contribution in [1.29, 1.82) is 0 Å². The third-order valence-electron chi connectivity index (χ3n) is 3.93. The molecule has 0 aromatic heterocycles. The summed E-state index contributed by atoms with van der Waals surface area (Å²) in [5.41, 5.74) is 0.926. The van der Waals surface area contributed by atoms with Crippen molar-refractivity contribution in [2.24, 2.45) is 4.99 Å². The van der Waals surface area contributed by atoms with Gasteiger partial charge in [-0.1, -0.05) is 6.07 Å². The zero-order valence-corrected chi connectivity index (χ0v) is 12.9. The number of aliphatic imine (C=N–C) groups is 1. The van der Waals surface area contributed by atoms with Gasteiger partial charge in [-0.25, -0.2) is 0 Å². The third-order valence-corrected chi connectivity index (χ3v) is 4.97. The van der Waals surface area contributed by atoms with Crippen LogP contribution in [0.1, 0.15) is 24.8 Å². The van der Waals surface area contributed by atoms with Crippen LogP contribution in [-0.2, 0) is 4.79 Å². The number of rotatable bonds is 1. The highest BCUT2D eigenvalue weighted by Gasteiger charge is 2.27. The minimum absolute atomic E-state index is 0.150. The number of fused-ring (bicyclic) bond motifs is 1. The predicted molar refractivity (Wildman–Crippen MR) is 86.0 cm³/mol. The SMILES string of the molecule is O=C1N=C(N2CCCCC2)S/C1=C\c1ccc2c(c1)OCO2. The zero-order valence-electron chi connectivity index (χ0n) is 12.1. The molecule has 1 fully saturated rings. The molecule has 1 amide bonds. The Kier molecular flexibility index (Phi) is 3.54. The summed E-state index contributed by atoms with van der Waals surface area (Å²) in [6.07, 6.45) is 5.49. The van der Waals surface area contributed by atoms with Gasteiger partial charge in [-0.15, -0.1) is 0 Å². The van der Waals surface area contributed by atoms with Gasteiger partial charge in [0.15, 0.2) is 16.7 Å². The van der Waals surface area contributed by atoms with Crippen molar-refractivity contribution >= 4 is 28.9 Å². The highest BCUT2D eigenvalue weighted by atomic mass is 32.2. The summed E-state index contributed by atoms with van der Waals surface area (Å²) < 4.78 is 10.7. The Hall–Kier alpha value is -1.95. The molecule has 0 bridgehead atoms. The number of hydrogen-bond donors (Lipinski definition) is 0. The third kappa shape index (κ3) is 2.59. The number of thioether (sulfide) groups is 1. The molecule has 0 N–H and O–H groups in total. The molecule has 3 heterocycles. The van der Waals surface area contributed by atoms with Crippen LogP contribution < -0.4 is 9.47 Å². The standard InChI is InChI=1S/C16H16N2O3S/c19-15-14(22-16(17-15)18-6-2-1-3-7-18)9-11-4-5-12-13(8-11)21-10-20-12/h4-5,8-9H,1-3,6-7,10H2/b14-9-. The molecule has 6 heteroatoms. The van der Waals surface area contributed by atoms with Gasteiger partial charge in [0, 0.05) is 13.1 Å². The number of carbonyl (C=O) groups excluding carboxylic acids is 1. The van der Waals surface area contributed by atoms with Crippen LogP contribution in [0, 0.1) is 0 Å². The molecule has 4 rings (SSSR count). The van der Waals surface area contributed by atoms with E-state index in [0.29, 0.717) is 4.91 Å². The normalized spacial score (nSPS) is 22.4. The van der Waals surface area contributed by atoms with Crippen LogP contribution in [-0.4, -0.2) is 35.9 Å². The van der Waals surface area contributed by atoms with E-state index < -0.39 is 0 Å². The first-order chi connectivity index (χ1) is 10.8. The van der Waals surface area contributed by atoms with E-state index in [1.807, 2.05) is 24.3 Å². The Morgan fingerprint density at radius 2 is 1.95 bits per heavy atom. The highest BCUT2D eigenvalue weighted by Crippen LogP contribution is 2.35. The van der Waals surface area contributed by atoms with Crippen LogP contribution in [0.25, 0.3) is 6.08 Å². The van der Waals surface area contributed by atoms with Gasteiger partial charge in [-0.05, 0) is 54.8 Å². The summed E-state index contributed by atoms with van der Waals surface area (Å²) in [5, 5.41) is 0.844. The second-order valence-corrected chi connectivity index (χ2v) is 6.48. The Bertz CT molecular complexity index is 678. The van der Waals surface area contributed by atoms with Crippen molar-refractivity contribution in [3.63, 3.8) is 0 Å². The van der Waals surface area contributed by atoms with Crippen LogP contribution in [0.15, 0.2) is 28.1 Å². The summed E-state index contributed by atoms with van der Waals surface area (Å²) >= 11 is 1.47. The molecule has 1 aromatic carbocycles. The van der Waals surface area contributed by atoms with Crippen LogP contribution in [0.3, 0.4) is 0 Å². The first-order valence-electron chi connectivity index (χ1n) is 7.47. The largest absolute Gasteiger partial charge is 0.454 e. The summed E-state index contributed by atoms with van der Waals surface area (Å²) in [5.74, 6) is 1.32. The average molecular weight is 316 g/mol. The van der Waals surface area contributed by atoms with Gasteiger partial charge in [0.25, 0.3) is 5.91 Å². The molecule has 3 aliphatic heterocycles. The van der Waals surface area contributed by atoms with E-state index in [-0.39, 0.29) is 12.7 Å². The monoisotopic (exact) mass is 316 g/mol. The fourth-order valence-electron chi connectivity index (χ4n) is 2.77. The molecule has 0 spiro atoms. The number of likely N-dealkylation sites (tertiary alicyclic amines) is 1. The minimum Gasteiger partial charge on any atom is -0.454 e. The lowest BCUT2D eigenvalue weighted by Crippen LogP contribution is -2.33. The van der Waals surface area contributed by atoms with Gasteiger partial charge in [-0.3, -0.25) is 4.79 Å². The lowest BCUT2D eigenvalue weighted by atomic mass is 10.1. The van der Waals surface area contributed by atoms with Crippen LogP contribution in [0.4, 0.5) is 0 Å². The smallest absolute Gasteiger partial charge is 0.286 e. The van der Waals surface area contributed by atoms with Gasteiger partial charge < -0.3 is 14.4 Å². The molecule has 0 aliphatic carbocycles. The second-order valence-electron chi connectivity index (χ2n) is 5.47. The van der Waals surface area contributed by atoms with E-state index in [1.54, 1.807) is 0 Å². The zero-order chi connectivity index (χ0) is 14.9. The lowest BCUT2D eigenvalue weighted by Gasteiger charge is -2.27. The van der Waals surface area contributed by atoms with Crippen LogP contribution >= 0.6 is 11.8 Å². The summed E-state index contributed by atoms with van der Waals surface area (Å²) in [7, 11) is 0. The number of nitrogens with zero attached hydrogens (tertiary/aromatic N) is 2. The van der Waals surface area contributed by atoms with Crippen molar-refractivity contribution < 1.29 is 14.3 Å². The number of amides is 1. The predicted octanol–water partition coefficient (Wildman–Crippen LogP) is 2.87. The highest BCUT2D eigenvalue weighted by molar-refractivity contribution is 8.18. The molecule has 0 atom stereocenters. The minimum atomic E-state index is -0.150.